The number of alkyl halides is 1. The van der Waals surface area contributed by atoms with Crippen LogP contribution in [0.15, 0.2) is 24.3 Å². The van der Waals surface area contributed by atoms with Gasteiger partial charge < -0.3 is 5.32 Å². The highest BCUT2D eigenvalue weighted by atomic mass is 79.9. The zero-order valence-corrected chi connectivity index (χ0v) is 13.1. The minimum Gasteiger partial charge on any atom is -0.326 e. The van der Waals surface area contributed by atoms with Crippen LogP contribution in [-0.2, 0) is 4.79 Å². The third-order valence-corrected chi connectivity index (χ3v) is 4.41. The lowest BCUT2D eigenvalue weighted by Gasteiger charge is -2.13. The molecule has 0 radical (unpaired) electrons. The molecule has 1 aliphatic rings. The summed E-state index contributed by atoms with van der Waals surface area (Å²) < 4.78 is 0. The molecule has 1 aliphatic carbocycles. The van der Waals surface area contributed by atoms with Gasteiger partial charge in [-0.2, -0.15) is 0 Å². The Morgan fingerprint density at radius 2 is 2.05 bits per heavy atom. The Bertz CT molecular complexity index is 425. The number of benzene rings is 1. The summed E-state index contributed by atoms with van der Waals surface area (Å²) >= 11 is 3.56. The van der Waals surface area contributed by atoms with Crippen molar-refractivity contribution in [3.63, 3.8) is 0 Å². The molecule has 1 unspecified atom stereocenters. The van der Waals surface area contributed by atoms with Crippen molar-refractivity contribution in [3.05, 3.63) is 29.8 Å². The summed E-state index contributed by atoms with van der Waals surface area (Å²) in [5, 5.41) is 3.05. The summed E-state index contributed by atoms with van der Waals surface area (Å²) in [4.78, 5) is 12.3. The minimum absolute atomic E-state index is 0.146. The maximum absolute atomic E-state index is 12.0. The lowest BCUT2D eigenvalue weighted by atomic mass is 10.0. The summed E-state index contributed by atoms with van der Waals surface area (Å²) in [6.07, 6.45) is 6.99. The van der Waals surface area contributed by atoms with Crippen LogP contribution in [0.3, 0.4) is 0 Å². The van der Waals surface area contributed by atoms with Crippen molar-refractivity contribution in [1.82, 2.24) is 0 Å². The Labute approximate surface area is 124 Å². The van der Waals surface area contributed by atoms with Crippen LogP contribution in [0.4, 0.5) is 5.69 Å². The predicted octanol–water partition coefficient (Wildman–Crippen LogP) is 5.05. The molecule has 1 aromatic rings. The lowest BCUT2D eigenvalue weighted by Crippen LogP contribution is -2.14. The summed E-state index contributed by atoms with van der Waals surface area (Å²) in [5.41, 5.74) is 2.07. The standard InChI is InChI=1S/C16H22BrNO/c1-12(17)14-8-4-5-9-15(14)18-16(19)11-10-13-6-2-3-7-13/h4-5,8-9,12-13H,2-3,6-7,10-11H2,1H3,(H,18,19). The zero-order valence-electron chi connectivity index (χ0n) is 11.5. The fourth-order valence-corrected chi connectivity index (χ4v) is 3.20. The first kappa shape index (κ1) is 14.6. The fourth-order valence-electron chi connectivity index (χ4n) is 2.80. The van der Waals surface area contributed by atoms with Crippen LogP contribution in [0.2, 0.25) is 0 Å². The van der Waals surface area contributed by atoms with Gasteiger partial charge in [0.15, 0.2) is 0 Å². The van der Waals surface area contributed by atoms with E-state index in [-0.39, 0.29) is 10.7 Å². The van der Waals surface area contributed by atoms with E-state index in [0.717, 1.165) is 23.6 Å². The summed E-state index contributed by atoms with van der Waals surface area (Å²) in [7, 11) is 0. The SMILES string of the molecule is CC(Br)c1ccccc1NC(=O)CCC1CCCC1. The predicted molar refractivity (Wildman–Crippen MR) is 83.6 cm³/mol. The van der Waals surface area contributed by atoms with Gasteiger partial charge in [-0.1, -0.05) is 59.8 Å². The summed E-state index contributed by atoms with van der Waals surface area (Å²) in [6, 6.07) is 7.99. The molecule has 0 heterocycles. The molecule has 1 saturated carbocycles. The molecule has 3 heteroatoms. The largest absolute Gasteiger partial charge is 0.326 e. The topological polar surface area (TPSA) is 29.1 Å². The normalized spacial score (nSPS) is 17.4. The van der Waals surface area contributed by atoms with E-state index in [4.69, 9.17) is 0 Å². The molecule has 0 aromatic heterocycles. The highest BCUT2D eigenvalue weighted by molar-refractivity contribution is 9.09. The van der Waals surface area contributed by atoms with E-state index in [1.165, 1.54) is 25.7 Å². The van der Waals surface area contributed by atoms with Crippen LogP contribution in [-0.4, -0.2) is 5.91 Å². The molecule has 1 fully saturated rings. The molecular weight excluding hydrogens is 302 g/mol. The Morgan fingerprint density at radius 1 is 1.37 bits per heavy atom. The van der Waals surface area contributed by atoms with Crippen LogP contribution < -0.4 is 5.32 Å². The number of carbonyl (C=O) groups excluding carboxylic acids is 1. The van der Waals surface area contributed by atoms with Crippen LogP contribution in [0, 0.1) is 5.92 Å². The average Bonchev–Trinajstić information content (AvgIpc) is 2.90. The Hall–Kier alpha value is -0.830. The number of hydrogen-bond donors (Lipinski definition) is 1. The number of carbonyl (C=O) groups is 1. The molecule has 1 amide bonds. The molecule has 1 N–H and O–H groups in total. The molecule has 104 valence electrons. The van der Waals surface area contributed by atoms with Gasteiger partial charge in [-0.3, -0.25) is 4.79 Å². The van der Waals surface area contributed by atoms with Gasteiger partial charge in [-0.25, -0.2) is 0 Å². The molecule has 0 saturated heterocycles. The van der Waals surface area contributed by atoms with E-state index in [2.05, 4.69) is 28.2 Å². The number of amides is 1. The average molecular weight is 324 g/mol. The van der Waals surface area contributed by atoms with E-state index in [0.29, 0.717) is 6.42 Å². The van der Waals surface area contributed by atoms with E-state index in [1.807, 2.05) is 24.3 Å². The van der Waals surface area contributed by atoms with Crippen molar-refractivity contribution in [2.45, 2.75) is 50.3 Å². The van der Waals surface area contributed by atoms with Crippen molar-refractivity contribution in [2.75, 3.05) is 5.32 Å². The van der Waals surface area contributed by atoms with Gasteiger partial charge in [0, 0.05) is 16.9 Å². The first-order chi connectivity index (χ1) is 9.16. The van der Waals surface area contributed by atoms with Crippen LogP contribution in [0.25, 0.3) is 0 Å². The van der Waals surface area contributed by atoms with Crippen molar-refractivity contribution >= 4 is 27.5 Å². The van der Waals surface area contributed by atoms with Gasteiger partial charge >= 0.3 is 0 Å². The van der Waals surface area contributed by atoms with Gasteiger partial charge in [0.25, 0.3) is 0 Å². The Morgan fingerprint density at radius 3 is 2.74 bits per heavy atom. The number of nitrogens with one attached hydrogen (secondary N) is 1. The van der Waals surface area contributed by atoms with Crippen LogP contribution in [0.5, 0.6) is 0 Å². The fraction of sp³-hybridized carbons (Fsp3) is 0.562. The molecular formula is C16H22BrNO. The number of para-hydroxylation sites is 1. The van der Waals surface area contributed by atoms with E-state index < -0.39 is 0 Å². The second-order valence-electron chi connectivity index (χ2n) is 5.44. The van der Waals surface area contributed by atoms with Gasteiger partial charge in [-0.15, -0.1) is 0 Å². The number of rotatable bonds is 5. The van der Waals surface area contributed by atoms with E-state index in [9.17, 15) is 4.79 Å². The van der Waals surface area contributed by atoms with Gasteiger partial charge in [0.05, 0.1) is 0 Å². The molecule has 2 rings (SSSR count). The first-order valence-corrected chi connectivity index (χ1v) is 8.11. The molecule has 1 aromatic carbocycles. The molecule has 0 bridgehead atoms. The second kappa shape index (κ2) is 7.09. The number of anilines is 1. The summed E-state index contributed by atoms with van der Waals surface area (Å²) in [6.45, 7) is 2.07. The third-order valence-electron chi connectivity index (χ3n) is 3.92. The third kappa shape index (κ3) is 4.34. The van der Waals surface area contributed by atoms with Gasteiger partial charge in [0.2, 0.25) is 5.91 Å². The van der Waals surface area contributed by atoms with Crippen molar-refractivity contribution in [3.8, 4) is 0 Å². The molecule has 2 nitrogen and oxygen atoms in total. The van der Waals surface area contributed by atoms with Crippen LogP contribution >= 0.6 is 15.9 Å². The molecule has 0 aliphatic heterocycles. The van der Waals surface area contributed by atoms with Crippen LogP contribution in [0.1, 0.15) is 55.8 Å². The lowest BCUT2D eigenvalue weighted by molar-refractivity contribution is -0.116. The Balaban J connectivity index is 1.87. The minimum atomic E-state index is 0.146. The van der Waals surface area contributed by atoms with E-state index >= 15 is 0 Å². The highest BCUT2D eigenvalue weighted by Crippen LogP contribution is 2.30. The Kier molecular flexibility index (Phi) is 5.44. The molecule has 19 heavy (non-hydrogen) atoms. The van der Waals surface area contributed by atoms with Gasteiger partial charge in [0.1, 0.15) is 0 Å². The molecule has 0 spiro atoms. The zero-order chi connectivity index (χ0) is 13.7. The monoisotopic (exact) mass is 323 g/mol. The van der Waals surface area contributed by atoms with Crippen molar-refractivity contribution in [1.29, 1.82) is 0 Å². The highest BCUT2D eigenvalue weighted by Gasteiger charge is 2.16. The first-order valence-electron chi connectivity index (χ1n) is 7.19. The smallest absolute Gasteiger partial charge is 0.224 e. The second-order valence-corrected chi connectivity index (χ2v) is 6.81. The quantitative estimate of drug-likeness (QED) is 0.754. The number of halogens is 1. The van der Waals surface area contributed by atoms with E-state index in [1.54, 1.807) is 0 Å². The van der Waals surface area contributed by atoms with Crippen molar-refractivity contribution in [2.24, 2.45) is 5.92 Å². The number of hydrogen-bond acceptors (Lipinski definition) is 1. The van der Waals surface area contributed by atoms with Crippen molar-refractivity contribution < 1.29 is 4.79 Å². The maximum Gasteiger partial charge on any atom is 0.224 e. The summed E-state index contributed by atoms with van der Waals surface area (Å²) in [5.74, 6) is 0.920. The molecule has 1 atom stereocenters. The maximum atomic E-state index is 12.0. The van der Waals surface area contributed by atoms with Gasteiger partial charge in [-0.05, 0) is 30.9 Å².